The topological polar surface area (TPSA) is 88.5 Å². The van der Waals surface area contributed by atoms with Gasteiger partial charge in [0.2, 0.25) is 5.91 Å². The van der Waals surface area contributed by atoms with E-state index in [0.29, 0.717) is 13.2 Å². The molecule has 1 aromatic rings. The Bertz CT molecular complexity index is 452. The van der Waals surface area contributed by atoms with Crippen LogP contribution in [0.4, 0.5) is 0 Å². The number of rotatable bonds is 4. The molecule has 1 unspecified atom stereocenters. The first-order valence-corrected chi connectivity index (χ1v) is 6.20. The molecule has 1 saturated heterocycles. The van der Waals surface area contributed by atoms with E-state index in [1.807, 2.05) is 0 Å². The molecule has 0 spiro atoms. The summed E-state index contributed by atoms with van der Waals surface area (Å²) in [6.07, 6.45) is 3.22. The van der Waals surface area contributed by atoms with Crippen LogP contribution in [0.25, 0.3) is 0 Å². The van der Waals surface area contributed by atoms with Crippen LogP contribution in [0.15, 0.2) is 18.3 Å². The molecule has 0 aromatic carbocycles. The van der Waals surface area contributed by atoms with Gasteiger partial charge in [0, 0.05) is 19.3 Å². The molecule has 1 aliphatic heterocycles. The smallest absolute Gasteiger partial charge is 0.354 e. The van der Waals surface area contributed by atoms with E-state index in [2.05, 4.69) is 10.3 Å². The average Bonchev–Trinajstić information content (AvgIpc) is 2.46. The summed E-state index contributed by atoms with van der Waals surface area (Å²) < 4.78 is 5.26. The summed E-state index contributed by atoms with van der Waals surface area (Å²) in [6.45, 7) is 1.55. The molecule has 2 rings (SSSR count). The molecule has 0 aliphatic carbocycles. The Hall–Kier alpha value is -1.95. The fourth-order valence-corrected chi connectivity index (χ4v) is 1.94. The quantitative estimate of drug-likeness (QED) is 0.840. The molecular weight excluding hydrogens is 248 g/mol. The summed E-state index contributed by atoms with van der Waals surface area (Å²) in [6, 6.07) is 3.07. The van der Waals surface area contributed by atoms with Gasteiger partial charge < -0.3 is 15.2 Å². The van der Waals surface area contributed by atoms with Crippen molar-refractivity contribution in [2.45, 2.75) is 19.4 Å². The van der Waals surface area contributed by atoms with Gasteiger partial charge in [0.1, 0.15) is 5.69 Å². The number of carbonyl (C=O) groups is 2. The van der Waals surface area contributed by atoms with E-state index in [-0.39, 0.29) is 17.5 Å². The number of hydrogen-bond acceptors (Lipinski definition) is 4. The zero-order valence-corrected chi connectivity index (χ0v) is 10.5. The number of aromatic carboxylic acids is 1. The second-order valence-corrected chi connectivity index (χ2v) is 4.49. The van der Waals surface area contributed by atoms with E-state index in [1.54, 1.807) is 6.07 Å². The van der Waals surface area contributed by atoms with Crippen LogP contribution in [0.5, 0.6) is 0 Å². The van der Waals surface area contributed by atoms with Crippen LogP contribution in [0.1, 0.15) is 28.9 Å². The van der Waals surface area contributed by atoms with E-state index in [9.17, 15) is 9.59 Å². The number of aromatic nitrogens is 1. The van der Waals surface area contributed by atoms with Crippen molar-refractivity contribution in [2.24, 2.45) is 5.92 Å². The fraction of sp³-hybridized carbons (Fsp3) is 0.462. The van der Waals surface area contributed by atoms with Crippen molar-refractivity contribution >= 4 is 11.9 Å². The number of nitrogens with one attached hydrogen (secondary N) is 1. The van der Waals surface area contributed by atoms with Gasteiger partial charge in [0.25, 0.3) is 0 Å². The van der Waals surface area contributed by atoms with E-state index < -0.39 is 5.97 Å². The molecule has 1 aromatic heterocycles. The van der Waals surface area contributed by atoms with Crippen molar-refractivity contribution in [3.8, 4) is 0 Å². The molecule has 19 heavy (non-hydrogen) atoms. The lowest BCUT2D eigenvalue weighted by Gasteiger charge is -2.21. The Kier molecular flexibility index (Phi) is 4.46. The third-order valence-corrected chi connectivity index (χ3v) is 3.04. The maximum atomic E-state index is 11.8. The Labute approximate surface area is 110 Å². The maximum Gasteiger partial charge on any atom is 0.354 e. The molecule has 0 bridgehead atoms. The molecule has 1 amide bonds. The summed E-state index contributed by atoms with van der Waals surface area (Å²) in [5.41, 5.74) is 0.769. The van der Waals surface area contributed by atoms with Crippen molar-refractivity contribution in [1.82, 2.24) is 10.3 Å². The number of hydrogen-bond donors (Lipinski definition) is 2. The van der Waals surface area contributed by atoms with Crippen LogP contribution in [-0.4, -0.2) is 35.2 Å². The predicted molar refractivity (Wildman–Crippen MR) is 66.6 cm³/mol. The number of ether oxygens (including phenoxy) is 1. The summed E-state index contributed by atoms with van der Waals surface area (Å²) in [5, 5.41) is 11.5. The molecule has 1 atom stereocenters. The highest BCUT2D eigenvalue weighted by Crippen LogP contribution is 2.13. The van der Waals surface area contributed by atoms with E-state index >= 15 is 0 Å². The summed E-state index contributed by atoms with van der Waals surface area (Å²) in [7, 11) is 0. The normalized spacial score (nSPS) is 18.8. The minimum Gasteiger partial charge on any atom is -0.477 e. The van der Waals surface area contributed by atoms with Gasteiger partial charge in [-0.25, -0.2) is 9.78 Å². The van der Waals surface area contributed by atoms with Crippen molar-refractivity contribution in [1.29, 1.82) is 0 Å². The molecule has 102 valence electrons. The first-order chi connectivity index (χ1) is 9.16. The van der Waals surface area contributed by atoms with Gasteiger partial charge in [0.15, 0.2) is 0 Å². The largest absolute Gasteiger partial charge is 0.477 e. The van der Waals surface area contributed by atoms with Crippen LogP contribution in [0.3, 0.4) is 0 Å². The van der Waals surface area contributed by atoms with Gasteiger partial charge in [0.05, 0.1) is 12.5 Å². The van der Waals surface area contributed by atoms with E-state index in [4.69, 9.17) is 9.84 Å². The number of carboxylic acid groups (broad SMARTS) is 1. The Morgan fingerprint density at radius 1 is 1.47 bits per heavy atom. The van der Waals surface area contributed by atoms with Crippen LogP contribution in [0.2, 0.25) is 0 Å². The highest BCUT2D eigenvalue weighted by Gasteiger charge is 2.21. The molecule has 0 saturated carbocycles. The Balaban J connectivity index is 1.84. The molecule has 2 heterocycles. The maximum absolute atomic E-state index is 11.8. The first kappa shape index (κ1) is 13.5. The first-order valence-electron chi connectivity index (χ1n) is 6.20. The van der Waals surface area contributed by atoms with Crippen LogP contribution in [-0.2, 0) is 16.1 Å². The second kappa shape index (κ2) is 6.29. The molecular formula is C13H16N2O4. The molecule has 1 fully saturated rings. The third-order valence-electron chi connectivity index (χ3n) is 3.04. The van der Waals surface area contributed by atoms with E-state index in [1.165, 1.54) is 12.3 Å². The van der Waals surface area contributed by atoms with Crippen molar-refractivity contribution in [3.63, 3.8) is 0 Å². The number of amides is 1. The van der Waals surface area contributed by atoms with E-state index in [0.717, 1.165) is 25.0 Å². The standard InChI is InChI=1S/C13H16N2O4/c16-12(10-2-1-5-19-8-10)15-7-9-3-4-11(13(17)18)14-6-9/h3-4,6,10H,1-2,5,7-8H2,(H,15,16)(H,17,18). The van der Waals surface area contributed by atoms with Crippen molar-refractivity contribution in [2.75, 3.05) is 13.2 Å². The minimum absolute atomic E-state index is 0.00393. The van der Waals surface area contributed by atoms with Crippen LogP contribution >= 0.6 is 0 Å². The van der Waals surface area contributed by atoms with Crippen LogP contribution in [0, 0.1) is 5.92 Å². The Morgan fingerprint density at radius 3 is 2.89 bits per heavy atom. The summed E-state index contributed by atoms with van der Waals surface area (Å²) in [5.74, 6) is -1.17. The monoisotopic (exact) mass is 264 g/mol. The SMILES string of the molecule is O=C(O)c1ccc(CNC(=O)C2CCCOC2)cn1. The molecule has 6 nitrogen and oxygen atoms in total. The lowest BCUT2D eigenvalue weighted by Crippen LogP contribution is -2.35. The predicted octanol–water partition coefficient (Wildman–Crippen LogP) is 0.823. The lowest BCUT2D eigenvalue weighted by atomic mass is 10.0. The number of carboxylic acids is 1. The van der Waals surface area contributed by atoms with Gasteiger partial charge in [-0.05, 0) is 24.5 Å². The molecule has 6 heteroatoms. The summed E-state index contributed by atoms with van der Waals surface area (Å²) in [4.78, 5) is 26.3. The highest BCUT2D eigenvalue weighted by molar-refractivity contribution is 5.85. The lowest BCUT2D eigenvalue weighted by molar-refractivity contribution is -0.129. The number of carbonyl (C=O) groups excluding carboxylic acids is 1. The van der Waals surface area contributed by atoms with Crippen LogP contribution < -0.4 is 5.32 Å². The zero-order valence-electron chi connectivity index (χ0n) is 10.5. The van der Waals surface area contributed by atoms with Gasteiger partial charge in [-0.1, -0.05) is 6.07 Å². The van der Waals surface area contributed by atoms with Crippen molar-refractivity contribution < 1.29 is 19.4 Å². The molecule has 0 radical (unpaired) electrons. The fourth-order valence-electron chi connectivity index (χ4n) is 1.94. The Morgan fingerprint density at radius 2 is 2.32 bits per heavy atom. The number of pyridine rings is 1. The van der Waals surface area contributed by atoms with Gasteiger partial charge in [-0.3, -0.25) is 4.79 Å². The molecule has 1 aliphatic rings. The van der Waals surface area contributed by atoms with Gasteiger partial charge >= 0.3 is 5.97 Å². The third kappa shape index (κ3) is 3.75. The van der Waals surface area contributed by atoms with Gasteiger partial charge in [-0.15, -0.1) is 0 Å². The average molecular weight is 264 g/mol. The minimum atomic E-state index is -1.06. The van der Waals surface area contributed by atoms with Crippen molar-refractivity contribution in [3.05, 3.63) is 29.6 Å². The highest BCUT2D eigenvalue weighted by atomic mass is 16.5. The zero-order chi connectivity index (χ0) is 13.7. The molecule has 2 N–H and O–H groups in total. The second-order valence-electron chi connectivity index (χ2n) is 4.49. The number of nitrogens with zero attached hydrogens (tertiary/aromatic N) is 1. The van der Waals surface area contributed by atoms with Gasteiger partial charge in [-0.2, -0.15) is 0 Å². The summed E-state index contributed by atoms with van der Waals surface area (Å²) >= 11 is 0.